The first kappa shape index (κ1) is 31.8. The number of nitrogens with zero attached hydrogens (tertiary/aromatic N) is 5. The molecule has 0 unspecified atom stereocenters. The van der Waals surface area contributed by atoms with Crippen molar-refractivity contribution in [1.29, 1.82) is 0 Å². The highest BCUT2D eigenvalue weighted by atomic mass is 15.0. The van der Waals surface area contributed by atoms with Gasteiger partial charge in [0.1, 0.15) is 5.65 Å². The minimum absolute atomic E-state index is 0.126. The molecule has 9 aromatic rings. The van der Waals surface area contributed by atoms with E-state index in [4.69, 9.17) is 19.9 Å². The fourth-order valence-electron chi connectivity index (χ4n) is 9.34. The molecule has 0 fully saturated rings. The molecule has 6 aromatic carbocycles. The van der Waals surface area contributed by atoms with Crippen molar-refractivity contribution in [2.24, 2.45) is 0 Å². The Morgan fingerprint density at radius 3 is 1.93 bits per heavy atom. The summed E-state index contributed by atoms with van der Waals surface area (Å²) < 4.78 is 2.30. The summed E-state index contributed by atoms with van der Waals surface area (Å²) in [6.07, 6.45) is 1.88. The van der Waals surface area contributed by atoms with Crippen molar-refractivity contribution >= 4 is 21.9 Å². The Morgan fingerprint density at radius 1 is 0.436 bits per heavy atom. The van der Waals surface area contributed by atoms with Crippen LogP contribution in [0.3, 0.4) is 0 Å². The molecule has 5 nitrogen and oxygen atoms in total. The zero-order valence-electron chi connectivity index (χ0n) is 31.2. The SMILES string of the molecule is CC1(C)c2cc(-c3nc(-c4ccccc4)nc(-c4cccc5c4-c4ccccc4C5(C)C)n3)ccc2-c2ccc(-n3c4ccccc4c4cccnc43)cc21. The third-order valence-corrected chi connectivity index (χ3v) is 12.1. The maximum atomic E-state index is 5.29. The smallest absolute Gasteiger partial charge is 0.164 e. The molecule has 5 heteroatoms. The van der Waals surface area contributed by atoms with Gasteiger partial charge < -0.3 is 0 Å². The van der Waals surface area contributed by atoms with Gasteiger partial charge in [0.15, 0.2) is 17.5 Å². The lowest BCUT2D eigenvalue weighted by atomic mass is 9.81. The van der Waals surface area contributed by atoms with Crippen LogP contribution in [0, 0.1) is 0 Å². The van der Waals surface area contributed by atoms with Crippen LogP contribution < -0.4 is 0 Å². The van der Waals surface area contributed by atoms with Crippen molar-refractivity contribution < 1.29 is 0 Å². The Balaban J connectivity index is 1.06. The summed E-state index contributed by atoms with van der Waals surface area (Å²) in [5.41, 5.74) is 15.9. The zero-order valence-corrected chi connectivity index (χ0v) is 31.2. The standard InChI is InChI=1S/C50H37N5/c1-49(2)39-20-10-8-17-37(39)44-38(18-12-21-40(44)49)47-53-45(30-14-6-5-7-15-30)52-46(54-47)31-23-25-33-34-26-24-32(29-42(34)50(3,4)41(33)28-31)55-43-22-11-9-16-35(43)36-19-13-27-51-48(36)55/h5-29H,1-4H3. The predicted molar refractivity (Wildman–Crippen MR) is 223 cm³/mol. The summed E-state index contributed by atoms with van der Waals surface area (Å²) in [5.74, 6) is 2.01. The monoisotopic (exact) mass is 707 g/mol. The number of para-hydroxylation sites is 1. The van der Waals surface area contributed by atoms with E-state index in [0.29, 0.717) is 17.5 Å². The summed E-state index contributed by atoms with van der Waals surface area (Å²) in [7, 11) is 0. The summed E-state index contributed by atoms with van der Waals surface area (Å²) in [6.45, 7) is 9.28. The largest absolute Gasteiger partial charge is 0.294 e. The molecular weight excluding hydrogens is 671 g/mol. The number of fused-ring (bicyclic) bond motifs is 9. The molecular formula is C50H37N5. The molecule has 0 radical (unpaired) electrons. The van der Waals surface area contributed by atoms with Crippen molar-refractivity contribution in [1.82, 2.24) is 24.5 Å². The van der Waals surface area contributed by atoms with Gasteiger partial charge in [-0.15, -0.1) is 0 Å². The maximum absolute atomic E-state index is 5.29. The van der Waals surface area contributed by atoms with Crippen molar-refractivity contribution in [3.8, 4) is 62.1 Å². The van der Waals surface area contributed by atoms with Gasteiger partial charge in [-0.05, 0) is 80.9 Å². The van der Waals surface area contributed by atoms with E-state index in [1.54, 1.807) is 0 Å². The molecule has 3 aromatic heterocycles. The van der Waals surface area contributed by atoms with Crippen LogP contribution in [0.5, 0.6) is 0 Å². The van der Waals surface area contributed by atoms with E-state index in [0.717, 1.165) is 38.9 Å². The second kappa shape index (κ2) is 11.4. The molecule has 2 aliphatic rings. The summed E-state index contributed by atoms with van der Waals surface area (Å²) >= 11 is 0. The Morgan fingerprint density at radius 2 is 1.07 bits per heavy atom. The van der Waals surface area contributed by atoms with Crippen LogP contribution in [0.1, 0.15) is 49.9 Å². The second-order valence-corrected chi connectivity index (χ2v) is 15.9. The molecule has 0 aliphatic heterocycles. The fourth-order valence-corrected chi connectivity index (χ4v) is 9.34. The van der Waals surface area contributed by atoms with Crippen molar-refractivity contribution in [3.05, 3.63) is 174 Å². The predicted octanol–water partition coefficient (Wildman–Crippen LogP) is 12.0. The van der Waals surface area contributed by atoms with Crippen molar-refractivity contribution in [3.63, 3.8) is 0 Å². The molecule has 11 rings (SSSR count). The maximum Gasteiger partial charge on any atom is 0.164 e. The van der Waals surface area contributed by atoms with E-state index in [-0.39, 0.29) is 10.8 Å². The van der Waals surface area contributed by atoms with Crippen LogP contribution in [-0.4, -0.2) is 24.5 Å². The van der Waals surface area contributed by atoms with E-state index in [1.807, 2.05) is 30.5 Å². The molecule has 0 bridgehead atoms. The Hall–Kier alpha value is -6.72. The second-order valence-electron chi connectivity index (χ2n) is 15.9. The van der Waals surface area contributed by atoms with Crippen LogP contribution in [0.4, 0.5) is 0 Å². The number of pyridine rings is 1. The van der Waals surface area contributed by atoms with E-state index in [2.05, 4.69) is 154 Å². The number of benzene rings is 6. The topological polar surface area (TPSA) is 56.5 Å². The third kappa shape index (κ3) is 4.53. The lowest BCUT2D eigenvalue weighted by Crippen LogP contribution is -2.15. The first-order chi connectivity index (χ1) is 26.8. The minimum atomic E-state index is -0.267. The van der Waals surface area contributed by atoms with Gasteiger partial charge in [0.25, 0.3) is 0 Å². The Labute approximate surface area is 320 Å². The first-order valence-electron chi connectivity index (χ1n) is 19.0. The molecule has 262 valence electrons. The van der Waals surface area contributed by atoms with Crippen LogP contribution in [0.25, 0.3) is 84.0 Å². The highest BCUT2D eigenvalue weighted by Crippen LogP contribution is 2.53. The van der Waals surface area contributed by atoms with E-state index in [9.17, 15) is 0 Å². The van der Waals surface area contributed by atoms with Crippen molar-refractivity contribution in [2.75, 3.05) is 0 Å². The molecule has 55 heavy (non-hydrogen) atoms. The highest BCUT2D eigenvalue weighted by molar-refractivity contribution is 6.08. The third-order valence-electron chi connectivity index (χ3n) is 12.1. The quantitative estimate of drug-likeness (QED) is 0.183. The summed E-state index contributed by atoms with van der Waals surface area (Å²) in [4.78, 5) is 20.5. The molecule has 0 amide bonds. The minimum Gasteiger partial charge on any atom is -0.294 e. The number of rotatable bonds is 4. The number of hydrogen-bond donors (Lipinski definition) is 0. The highest BCUT2D eigenvalue weighted by Gasteiger charge is 2.38. The summed E-state index contributed by atoms with van der Waals surface area (Å²) in [5, 5.41) is 2.36. The van der Waals surface area contributed by atoms with E-state index >= 15 is 0 Å². The van der Waals surface area contributed by atoms with Crippen LogP contribution >= 0.6 is 0 Å². The molecule has 3 heterocycles. The molecule has 0 saturated carbocycles. The molecule has 0 N–H and O–H groups in total. The molecule has 0 spiro atoms. The number of aromatic nitrogens is 5. The van der Waals surface area contributed by atoms with Gasteiger partial charge in [-0.25, -0.2) is 19.9 Å². The van der Waals surface area contributed by atoms with E-state index < -0.39 is 0 Å². The fraction of sp³-hybridized carbons (Fsp3) is 0.120. The first-order valence-corrected chi connectivity index (χ1v) is 19.0. The normalized spacial score (nSPS) is 14.5. The van der Waals surface area contributed by atoms with Crippen LogP contribution in [0.2, 0.25) is 0 Å². The van der Waals surface area contributed by atoms with Gasteiger partial charge in [-0.3, -0.25) is 4.57 Å². The van der Waals surface area contributed by atoms with Gasteiger partial charge in [-0.2, -0.15) is 0 Å². The van der Waals surface area contributed by atoms with Crippen LogP contribution in [0.15, 0.2) is 152 Å². The van der Waals surface area contributed by atoms with Gasteiger partial charge in [0.2, 0.25) is 0 Å². The Kier molecular flexibility index (Phi) is 6.58. The van der Waals surface area contributed by atoms with Gasteiger partial charge in [0, 0.05) is 50.2 Å². The van der Waals surface area contributed by atoms with Gasteiger partial charge in [-0.1, -0.05) is 137 Å². The lowest BCUT2D eigenvalue weighted by molar-refractivity contribution is 0.660. The molecule has 0 saturated heterocycles. The average molecular weight is 708 g/mol. The van der Waals surface area contributed by atoms with E-state index in [1.165, 1.54) is 49.9 Å². The zero-order chi connectivity index (χ0) is 37.1. The van der Waals surface area contributed by atoms with Crippen molar-refractivity contribution in [2.45, 2.75) is 38.5 Å². The molecule has 2 aliphatic carbocycles. The average Bonchev–Trinajstić information content (AvgIpc) is 3.77. The van der Waals surface area contributed by atoms with Crippen LogP contribution in [-0.2, 0) is 10.8 Å². The van der Waals surface area contributed by atoms with Gasteiger partial charge >= 0.3 is 0 Å². The summed E-state index contributed by atoms with van der Waals surface area (Å²) in [6, 6.07) is 51.9. The lowest BCUT2D eigenvalue weighted by Gasteiger charge is -2.23. The Bertz CT molecular complexity index is 2990. The molecule has 0 atom stereocenters. The van der Waals surface area contributed by atoms with Gasteiger partial charge in [0.05, 0.1) is 5.52 Å². The number of hydrogen-bond acceptors (Lipinski definition) is 4.